The van der Waals surface area contributed by atoms with Gasteiger partial charge >= 0.3 is 0 Å². The maximum absolute atomic E-state index is 13.7. The highest BCUT2D eigenvalue weighted by Gasteiger charge is 2.36. The molecule has 0 bridgehead atoms. The zero-order valence-corrected chi connectivity index (χ0v) is 20.0. The zero-order chi connectivity index (χ0) is 21.5. The van der Waals surface area contributed by atoms with E-state index in [-0.39, 0.29) is 37.0 Å². The van der Waals surface area contributed by atoms with Gasteiger partial charge in [-0.05, 0) is 38.7 Å². The van der Waals surface area contributed by atoms with E-state index in [2.05, 4.69) is 35.6 Å². The molecule has 3 atom stereocenters. The number of carbonyl (C=O) groups is 1. The Kier molecular flexibility index (Phi) is 7.03. The van der Waals surface area contributed by atoms with Gasteiger partial charge in [-0.15, -0.1) is 12.4 Å². The van der Waals surface area contributed by atoms with Crippen LogP contribution in [0, 0.1) is 5.92 Å². The highest BCUT2D eigenvalue weighted by atomic mass is 35.5. The topological polar surface area (TPSA) is 57.9 Å². The minimum absolute atomic E-state index is 0. The Morgan fingerprint density at radius 3 is 2.53 bits per heavy atom. The average Bonchev–Trinajstić information content (AvgIpc) is 3.18. The van der Waals surface area contributed by atoms with E-state index in [0.717, 1.165) is 22.2 Å². The van der Waals surface area contributed by atoms with E-state index < -0.39 is 0 Å². The number of hydrogen-bond donors (Lipinski definition) is 1. The lowest BCUT2D eigenvalue weighted by atomic mass is 9.83. The molecule has 176 valence electrons. The van der Waals surface area contributed by atoms with Crippen molar-refractivity contribution in [1.82, 2.24) is 14.4 Å². The van der Waals surface area contributed by atoms with Crippen LogP contribution in [0.3, 0.4) is 0 Å². The first kappa shape index (κ1) is 23.4. The molecule has 3 aliphatic rings. The SMILES string of the molecule is CC1CN(C(=O)c2cn3c4c(cccc24)OC[C@H]3C2CCCCC2)CC(C)N1CCO.Cl. The number of aliphatic hydroxyl groups excluding tert-OH is 1. The summed E-state index contributed by atoms with van der Waals surface area (Å²) in [5, 5.41) is 10.4. The van der Waals surface area contributed by atoms with Crippen LogP contribution in [0.1, 0.15) is 62.4 Å². The maximum Gasteiger partial charge on any atom is 0.256 e. The molecule has 0 spiro atoms. The summed E-state index contributed by atoms with van der Waals surface area (Å²) < 4.78 is 8.57. The number of nitrogens with zero attached hydrogens (tertiary/aromatic N) is 3. The lowest BCUT2D eigenvalue weighted by Gasteiger charge is -2.44. The van der Waals surface area contributed by atoms with Crippen LogP contribution in [0.4, 0.5) is 0 Å². The van der Waals surface area contributed by atoms with Crippen LogP contribution < -0.4 is 4.74 Å². The monoisotopic (exact) mass is 461 g/mol. The number of rotatable bonds is 4. The number of hydrogen-bond acceptors (Lipinski definition) is 4. The average molecular weight is 462 g/mol. The van der Waals surface area contributed by atoms with Gasteiger partial charge in [-0.2, -0.15) is 0 Å². The van der Waals surface area contributed by atoms with Gasteiger partial charge in [0.15, 0.2) is 0 Å². The van der Waals surface area contributed by atoms with Gasteiger partial charge < -0.3 is 19.3 Å². The van der Waals surface area contributed by atoms with E-state index in [1.54, 1.807) is 0 Å². The van der Waals surface area contributed by atoms with E-state index in [0.29, 0.717) is 38.2 Å². The van der Waals surface area contributed by atoms with Gasteiger partial charge in [0.2, 0.25) is 0 Å². The standard InChI is InChI=1S/C25H35N3O3.ClH/c1-17-13-26(14-18(2)27(17)11-12-29)25(30)21-15-28-22(19-7-4-3-5-8-19)16-31-23-10-6-9-20(21)24(23)28;/h6,9-10,15,17-19,22,29H,3-5,7-8,11-14,16H2,1-2H3;1H/t17?,18?,22-;/m0./s1. The minimum Gasteiger partial charge on any atom is -0.489 e. The Balaban J connectivity index is 0.00000245. The van der Waals surface area contributed by atoms with Crippen molar-refractivity contribution in [3.63, 3.8) is 0 Å². The van der Waals surface area contributed by atoms with E-state index in [1.807, 2.05) is 17.0 Å². The highest BCUT2D eigenvalue weighted by Crippen LogP contribution is 2.42. The van der Waals surface area contributed by atoms with Crippen LogP contribution in [-0.2, 0) is 0 Å². The molecule has 6 nitrogen and oxygen atoms in total. The van der Waals surface area contributed by atoms with Crippen molar-refractivity contribution in [2.24, 2.45) is 5.92 Å². The van der Waals surface area contributed by atoms with Crippen LogP contribution in [-0.4, -0.2) is 70.3 Å². The summed E-state index contributed by atoms with van der Waals surface area (Å²) in [7, 11) is 0. The quantitative estimate of drug-likeness (QED) is 0.744. The summed E-state index contributed by atoms with van der Waals surface area (Å²) in [5.41, 5.74) is 1.89. The predicted octanol–water partition coefficient (Wildman–Crippen LogP) is 4.10. The lowest BCUT2D eigenvalue weighted by Crippen LogP contribution is -2.58. The third kappa shape index (κ3) is 4.02. The number of β-amino-alcohol motifs (C(OH)–C–C–N with tert-alkyl or cyclic N) is 1. The fourth-order valence-electron chi connectivity index (χ4n) is 6.21. The molecule has 1 amide bonds. The molecule has 5 rings (SSSR count). The molecule has 2 unspecified atom stereocenters. The molecule has 2 fully saturated rings. The van der Waals surface area contributed by atoms with Crippen LogP contribution in [0.25, 0.3) is 10.9 Å². The van der Waals surface area contributed by atoms with Crippen molar-refractivity contribution in [2.45, 2.75) is 64.1 Å². The van der Waals surface area contributed by atoms with Gasteiger partial charge in [0, 0.05) is 43.3 Å². The Hall–Kier alpha value is -1.76. The van der Waals surface area contributed by atoms with Gasteiger partial charge in [0.05, 0.1) is 23.7 Å². The molecule has 1 aromatic carbocycles. The summed E-state index contributed by atoms with van der Waals surface area (Å²) in [5.74, 6) is 1.65. The largest absolute Gasteiger partial charge is 0.489 e. The number of amides is 1. The molecule has 7 heteroatoms. The Morgan fingerprint density at radius 1 is 1.12 bits per heavy atom. The second kappa shape index (κ2) is 9.62. The van der Waals surface area contributed by atoms with Crippen molar-refractivity contribution in [3.05, 3.63) is 30.0 Å². The molecular weight excluding hydrogens is 426 g/mol. The first-order chi connectivity index (χ1) is 15.1. The Labute approximate surface area is 196 Å². The first-order valence-electron chi connectivity index (χ1n) is 12.0. The van der Waals surface area contributed by atoms with Crippen molar-refractivity contribution in [1.29, 1.82) is 0 Å². The van der Waals surface area contributed by atoms with Gasteiger partial charge in [0.25, 0.3) is 5.91 Å². The molecule has 2 aliphatic heterocycles. The number of carbonyl (C=O) groups excluding carboxylic acids is 1. The summed E-state index contributed by atoms with van der Waals surface area (Å²) in [6.45, 7) is 7.19. The zero-order valence-electron chi connectivity index (χ0n) is 19.2. The number of para-hydroxylation sites is 1. The highest BCUT2D eigenvalue weighted by molar-refractivity contribution is 6.08. The molecule has 1 saturated carbocycles. The fraction of sp³-hybridized carbons (Fsp3) is 0.640. The molecule has 1 saturated heterocycles. The lowest BCUT2D eigenvalue weighted by molar-refractivity contribution is 0.0237. The number of piperazine rings is 1. The third-order valence-corrected chi connectivity index (χ3v) is 7.75. The number of aromatic nitrogens is 1. The minimum atomic E-state index is 0. The smallest absolute Gasteiger partial charge is 0.256 e. The predicted molar refractivity (Wildman–Crippen MR) is 129 cm³/mol. The second-order valence-corrected chi connectivity index (χ2v) is 9.75. The van der Waals surface area contributed by atoms with Crippen molar-refractivity contribution >= 4 is 29.2 Å². The van der Waals surface area contributed by atoms with Crippen molar-refractivity contribution in [3.8, 4) is 5.75 Å². The third-order valence-electron chi connectivity index (χ3n) is 7.75. The summed E-state index contributed by atoms with van der Waals surface area (Å²) in [4.78, 5) is 18.0. The molecule has 3 heterocycles. The van der Waals surface area contributed by atoms with E-state index in [9.17, 15) is 9.90 Å². The van der Waals surface area contributed by atoms with Gasteiger partial charge in [-0.3, -0.25) is 9.69 Å². The number of ether oxygens (including phenoxy) is 1. The first-order valence-corrected chi connectivity index (χ1v) is 12.0. The molecule has 1 aromatic heterocycles. The van der Waals surface area contributed by atoms with Crippen molar-refractivity contribution < 1.29 is 14.6 Å². The van der Waals surface area contributed by atoms with Crippen molar-refractivity contribution in [2.75, 3.05) is 32.8 Å². The van der Waals surface area contributed by atoms with Crippen LogP contribution >= 0.6 is 12.4 Å². The van der Waals surface area contributed by atoms with E-state index in [4.69, 9.17) is 4.74 Å². The van der Waals surface area contributed by atoms with Crippen LogP contribution in [0.5, 0.6) is 5.75 Å². The molecule has 32 heavy (non-hydrogen) atoms. The van der Waals surface area contributed by atoms with Gasteiger partial charge in [0.1, 0.15) is 12.4 Å². The van der Waals surface area contributed by atoms with E-state index in [1.165, 1.54) is 32.1 Å². The van der Waals surface area contributed by atoms with Crippen LogP contribution in [0.15, 0.2) is 24.4 Å². The summed E-state index contributed by atoms with van der Waals surface area (Å²) in [6, 6.07) is 6.89. The normalized spacial score (nSPS) is 26.6. The molecule has 1 aliphatic carbocycles. The number of aliphatic hydroxyl groups is 1. The molecule has 2 aromatic rings. The van der Waals surface area contributed by atoms with Crippen LogP contribution in [0.2, 0.25) is 0 Å². The van der Waals surface area contributed by atoms with Gasteiger partial charge in [-0.25, -0.2) is 0 Å². The summed E-state index contributed by atoms with van der Waals surface area (Å²) >= 11 is 0. The number of halogens is 1. The van der Waals surface area contributed by atoms with E-state index >= 15 is 0 Å². The maximum atomic E-state index is 13.7. The second-order valence-electron chi connectivity index (χ2n) is 9.75. The fourth-order valence-corrected chi connectivity index (χ4v) is 6.21. The molecule has 0 radical (unpaired) electrons. The molecular formula is C25H36ClN3O3. The van der Waals surface area contributed by atoms with Gasteiger partial charge in [-0.1, -0.05) is 31.4 Å². The summed E-state index contributed by atoms with van der Waals surface area (Å²) in [6.07, 6.45) is 8.56. The Bertz CT molecular complexity index is 943. The Morgan fingerprint density at radius 2 is 1.84 bits per heavy atom. The number of benzene rings is 1. The molecule has 1 N–H and O–H groups in total.